The zero-order valence-corrected chi connectivity index (χ0v) is 8.67. The van der Waals surface area contributed by atoms with Crippen LogP contribution in [0.1, 0.15) is 5.56 Å². The first-order chi connectivity index (χ1) is 7.69. The van der Waals surface area contributed by atoms with E-state index < -0.39 is 12.0 Å². The SMILES string of the molecule is COCC(Nc1ncccc1C#N)C(=O)O. The summed E-state index contributed by atoms with van der Waals surface area (Å²) in [6, 6.07) is 4.16. The maximum Gasteiger partial charge on any atom is 0.328 e. The number of methoxy groups -OCH3 is 1. The van der Waals surface area contributed by atoms with Crippen LogP contribution in [0.2, 0.25) is 0 Å². The maximum absolute atomic E-state index is 10.8. The first-order valence-corrected chi connectivity index (χ1v) is 4.52. The van der Waals surface area contributed by atoms with Crippen molar-refractivity contribution in [3.05, 3.63) is 23.9 Å². The molecule has 0 amide bonds. The Balaban J connectivity index is 2.85. The third kappa shape index (κ3) is 2.93. The Morgan fingerprint density at radius 2 is 2.56 bits per heavy atom. The average Bonchev–Trinajstić information content (AvgIpc) is 2.29. The van der Waals surface area contributed by atoms with Gasteiger partial charge in [-0.25, -0.2) is 9.78 Å². The summed E-state index contributed by atoms with van der Waals surface area (Å²) in [6.07, 6.45) is 1.48. The predicted molar refractivity (Wildman–Crippen MR) is 55.9 cm³/mol. The molecule has 1 rings (SSSR count). The van der Waals surface area contributed by atoms with Gasteiger partial charge >= 0.3 is 5.97 Å². The van der Waals surface area contributed by atoms with Crippen molar-refractivity contribution >= 4 is 11.8 Å². The predicted octanol–water partition coefficient (Wildman–Crippen LogP) is 0.465. The van der Waals surface area contributed by atoms with Gasteiger partial charge in [0.05, 0.1) is 12.2 Å². The van der Waals surface area contributed by atoms with Crippen LogP contribution in [0.15, 0.2) is 18.3 Å². The zero-order chi connectivity index (χ0) is 12.0. The van der Waals surface area contributed by atoms with Crippen molar-refractivity contribution in [1.29, 1.82) is 5.26 Å². The molecule has 6 nitrogen and oxygen atoms in total. The summed E-state index contributed by atoms with van der Waals surface area (Å²) >= 11 is 0. The molecule has 16 heavy (non-hydrogen) atoms. The molecule has 1 heterocycles. The fourth-order valence-electron chi connectivity index (χ4n) is 1.12. The molecule has 84 valence electrons. The van der Waals surface area contributed by atoms with Gasteiger partial charge in [-0.1, -0.05) is 0 Å². The molecule has 0 aliphatic heterocycles. The number of pyridine rings is 1. The Bertz CT molecular complexity index is 414. The Labute approximate surface area is 92.5 Å². The van der Waals surface area contributed by atoms with Crippen molar-refractivity contribution in [2.24, 2.45) is 0 Å². The van der Waals surface area contributed by atoms with Crippen LogP contribution in [0, 0.1) is 11.3 Å². The lowest BCUT2D eigenvalue weighted by Gasteiger charge is -2.14. The summed E-state index contributed by atoms with van der Waals surface area (Å²) in [5.41, 5.74) is 0.296. The molecule has 0 aromatic carbocycles. The van der Waals surface area contributed by atoms with Crippen molar-refractivity contribution in [2.75, 3.05) is 19.0 Å². The second kappa shape index (κ2) is 5.68. The fourth-order valence-corrected chi connectivity index (χ4v) is 1.12. The van der Waals surface area contributed by atoms with Gasteiger partial charge in [0.25, 0.3) is 0 Å². The molecule has 1 aromatic heterocycles. The van der Waals surface area contributed by atoms with Gasteiger partial charge in [0.1, 0.15) is 17.9 Å². The van der Waals surface area contributed by atoms with Crippen molar-refractivity contribution in [3.63, 3.8) is 0 Å². The number of aliphatic carboxylic acids is 1. The van der Waals surface area contributed by atoms with Gasteiger partial charge in [0.15, 0.2) is 0 Å². The molecule has 0 aliphatic carbocycles. The van der Waals surface area contributed by atoms with Gasteiger partial charge in [-0.15, -0.1) is 0 Å². The first kappa shape index (κ1) is 11.9. The lowest BCUT2D eigenvalue weighted by molar-refractivity contribution is -0.139. The molecule has 2 N–H and O–H groups in total. The Kier molecular flexibility index (Phi) is 4.24. The summed E-state index contributed by atoms with van der Waals surface area (Å²) in [7, 11) is 1.40. The second-order valence-corrected chi connectivity index (χ2v) is 3.00. The van der Waals surface area contributed by atoms with E-state index in [0.29, 0.717) is 5.56 Å². The monoisotopic (exact) mass is 221 g/mol. The summed E-state index contributed by atoms with van der Waals surface area (Å²) in [4.78, 5) is 14.7. The van der Waals surface area contributed by atoms with Crippen LogP contribution in [0.5, 0.6) is 0 Å². The van der Waals surface area contributed by atoms with Crippen molar-refractivity contribution in [3.8, 4) is 6.07 Å². The third-order valence-corrected chi connectivity index (χ3v) is 1.87. The van der Waals surface area contributed by atoms with E-state index in [9.17, 15) is 4.79 Å². The number of hydrogen-bond acceptors (Lipinski definition) is 5. The normalized spacial score (nSPS) is 11.5. The van der Waals surface area contributed by atoms with Gasteiger partial charge < -0.3 is 15.2 Å². The molecular formula is C10H11N3O3. The highest BCUT2D eigenvalue weighted by atomic mass is 16.5. The Morgan fingerprint density at radius 3 is 3.12 bits per heavy atom. The summed E-state index contributed by atoms with van der Waals surface area (Å²) in [6.45, 7) is -0.00320. The van der Waals surface area contributed by atoms with Gasteiger partial charge in [0.2, 0.25) is 0 Å². The number of carboxylic acids is 1. The third-order valence-electron chi connectivity index (χ3n) is 1.87. The summed E-state index contributed by atoms with van der Waals surface area (Å²) in [5, 5.41) is 20.3. The van der Waals surface area contributed by atoms with E-state index in [-0.39, 0.29) is 12.4 Å². The number of anilines is 1. The quantitative estimate of drug-likeness (QED) is 0.750. The number of hydrogen-bond donors (Lipinski definition) is 2. The minimum atomic E-state index is -1.06. The molecular weight excluding hydrogens is 210 g/mol. The van der Waals surface area contributed by atoms with Crippen molar-refractivity contribution in [2.45, 2.75) is 6.04 Å². The van der Waals surface area contributed by atoms with E-state index in [2.05, 4.69) is 10.3 Å². The number of nitriles is 1. The Morgan fingerprint density at radius 1 is 1.81 bits per heavy atom. The van der Waals surface area contributed by atoms with Crippen LogP contribution >= 0.6 is 0 Å². The molecule has 0 bridgehead atoms. The molecule has 1 aromatic rings. The van der Waals surface area contributed by atoms with E-state index in [1.165, 1.54) is 13.3 Å². The van der Waals surface area contributed by atoms with Crippen LogP contribution in [-0.4, -0.2) is 35.8 Å². The minimum Gasteiger partial charge on any atom is -0.480 e. The van der Waals surface area contributed by atoms with Gasteiger partial charge in [-0.05, 0) is 12.1 Å². The lowest BCUT2D eigenvalue weighted by Crippen LogP contribution is -2.34. The largest absolute Gasteiger partial charge is 0.480 e. The van der Waals surface area contributed by atoms with Crippen molar-refractivity contribution in [1.82, 2.24) is 4.98 Å². The highest BCUT2D eigenvalue weighted by Gasteiger charge is 2.18. The zero-order valence-electron chi connectivity index (χ0n) is 8.67. The molecule has 0 saturated heterocycles. The van der Waals surface area contributed by atoms with E-state index >= 15 is 0 Å². The number of aromatic nitrogens is 1. The van der Waals surface area contributed by atoms with Crippen LogP contribution < -0.4 is 5.32 Å². The van der Waals surface area contributed by atoms with Crippen LogP contribution in [0.4, 0.5) is 5.82 Å². The molecule has 0 radical (unpaired) electrons. The van der Waals surface area contributed by atoms with E-state index in [4.69, 9.17) is 15.1 Å². The molecule has 1 atom stereocenters. The highest BCUT2D eigenvalue weighted by Crippen LogP contribution is 2.11. The van der Waals surface area contributed by atoms with Crippen molar-refractivity contribution < 1.29 is 14.6 Å². The number of ether oxygens (including phenoxy) is 1. The lowest BCUT2D eigenvalue weighted by atomic mass is 10.2. The topological polar surface area (TPSA) is 95.2 Å². The standard InChI is InChI=1S/C10H11N3O3/c1-16-6-8(10(14)15)13-9-7(5-11)3-2-4-12-9/h2-4,8H,6H2,1H3,(H,12,13)(H,14,15). The molecule has 1 unspecified atom stereocenters. The number of nitrogens with one attached hydrogen (secondary N) is 1. The molecule has 6 heteroatoms. The smallest absolute Gasteiger partial charge is 0.328 e. The van der Waals surface area contributed by atoms with Gasteiger partial charge in [-0.3, -0.25) is 0 Å². The van der Waals surface area contributed by atoms with Crippen LogP contribution in [0.3, 0.4) is 0 Å². The fraction of sp³-hybridized carbons (Fsp3) is 0.300. The average molecular weight is 221 g/mol. The molecule has 0 spiro atoms. The number of carboxylic acid groups (broad SMARTS) is 1. The second-order valence-electron chi connectivity index (χ2n) is 3.00. The number of carbonyl (C=O) groups is 1. The minimum absolute atomic E-state index is 0.00320. The van der Waals surface area contributed by atoms with E-state index in [1.54, 1.807) is 12.1 Å². The van der Waals surface area contributed by atoms with Gasteiger partial charge in [0, 0.05) is 13.3 Å². The maximum atomic E-state index is 10.8. The number of rotatable bonds is 5. The summed E-state index contributed by atoms with van der Waals surface area (Å²) < 4.78 is 4.76. The molecule has 0 aliphatic rings. The number of nitrogens with zero attached hydrogens (tertiary/aromatic N) is 2. The van der Waals surface area contributed by atoms with E-state index in [1.807, 2.05) is 6.07 Å². The van der Waals surface area contributed by atoms with E-state index in [0.717, 1.165) is 0 Å². The Hall–Kier alpha value is -2.13. The van der Waals surface area contributed by atoms with Crippen LogP contribution in [0.25, 0.3) is 0 Å². The summed E-state index contributed by atoms with van der Waals surface area (Å²) in [5.74, 6) is -0.814. The highest BCUT2D eigenvalue weighted by molar-refractivity contribution is 5.77. The van der Waals surface area contributed by atoms with Gasteiger partial charge in [-0.2, -0.15) is 5.26 Å². The molecule has 0 fully saturated rings. The molecule has 0 saturated carbocycles. The van der Waals surface area contributed by atoms with Crippen LogP contribution in [-0.2, 0) is 9.53 Å². The first-order valence-electron chi connectivity index (χ1n) is 4.52.